The van der Waals surface area contributed by atoms with Gasteiger partial charge in [-0.25, -0.2) is 0 Å². The Labute approximate surface area is 182 Å². The Morgan fingerprint density at radius 3 is 2.55 bits per heavy atom. The van der Waals surface area contributed by atoms with E-state index in [9.17, 15) is 15.0 Å². The number of carbonyl (C=O) groups is 1. The van der Waals surface area contributed by atoms with Crippen LogP contribution in [0.3, 0.4) is 0 Å². The van der Waals surface area contributed by atoms with E-state index in [1.807, 2.05) is 19.9 Å². The van der Waals surface area contributed by atoms with Crippen molar-refractivity contribution in [3.8, 4) is 5.75 Å². The molecule has 2 aliphatic heterocycles. The molecule has 7 nitrogen and oxygen atoms in total. The number of piperidine rings is 1. The molecule has 31 heavy (non-hydrogen) atoms. The van der Waals surface area contributed by atoms with Crippen molar-refractivity contribution in [3.63, 3.8) is 0 Å². The molecular weight excluding hydrogens is 394 g/mol. The SMILES string of the molecule is CCN(CC)C(=O)c1ccc(C2=CC3(CCNCC3)Oc3ccc(C(O)O)cc32)cn1. The van der Waals surface area contributed by atoms with Gasteiger partial charge in [0.1, 0.15) is 17.0 Å². The summed E-state index contributed by atoms with van der Waals surface area (Å²) in [4.78, 5) is 18.8. The molecule has 1 fully saturated rings. The molecule has 0 atom stereocenters. The molecule has 0 unspecified atom stereocenters. The van der Waals surface area contributed by atoms with Crippen LogP contribution in [0, 0.1) is 0 Å². The summed E-state index contributed by atoms with van der Waals surface area (Å²) >= 11 is 0. The molecular formula is C24H29N3O4. The van der Waals surface area contributed by atoms with Crippen LogP contribution in [0.2, 0.25) is 0 Å². The minimum Gasteiger partial charge on any atom is -0.482 e. The number of carbonyl (C=O) groups excluding carboxylic acids is 1. The predicted molar refractivity (Wildman–Crippen MR) is 118 cm³/mol. The summed E-state index contributed by atoms with van der Waals surface area (Å²) in [6.45, 7) is 6.90. The van der Waals surface area contributed by atoms with Crippen LogP contribution < -0.4 is 10.1 Å². The van der Waals surface area contributed by atoms with E-state index in [1.165, 1.54) is 0 Å². The van der Waals surface area contributed by atoms with Gasteiger partial charge in [0.15, 0.2) is 6.29 Å². The van der Waals surface area contributed by atoms with Gasteiger partial charge >= 0.3 is 0 Å². The first kappa shape index (κ1) is 21.5. The number of aromatic nitrogens is 1. The lowest BCUT2D eigenvalue weighted by atomic mass is 9.83. The Bertz CT molecular complexity index is 975. The number of ether oxygens (including phenoxy) is 1. The number of benzene rings is 1. The van der Waals surface area contributed by atoms with E-state index in [2.05, 4.69) is 16.4 Å². The summed E-state index contributed by atoms with van der Waals surface area (Å²) < 4.78 is 6.41. The van der Waals surface area contributed by atoms with Crippen molar-refractivity contribution >= 4 is 11.5 Å². The Balaban J connectivity index is 1.75. The lowest BCUT2D eigenvalue weighted by Gasteiger charge is -2.40. The van der Waals surface area contributed by atoms with Crippen molar-refractivity contribution in [1.82, 2.24) is 15.2 Å². The van der Waals surface area contributed by atoms with Crippen LogP contribution in [0.1, 0.15) is 60.2 Å². The molecule has 1 aromatic heterocycles. The van der Waals surface area contributed by atoms with E-state index < -0.39 is 11.9 Å². The zero-order valence-corrected chi connectivity index (χ0v) is 18.0. The summed E-state index contributed by atoms with van der Waals surface area (Å²) in [6.07, 6.45) is 3.97. The number of amides is 1. The van der Waals surface area contributed by atoms with Crippen molar-refractivity contribution in [2.45, 2.75) is 38.6 Å². The normalized spacial score (nSPS) is 17.1. The average Bonchev–Trinajstić information content (AvgIpc) is 2.79. The Morgan fingerprint density at radius 2 is 1.94 bits per heavy atom. The Kier molecular flexibility index (Phi) is 6.09. The summed E-state index contributed by atoms with van der Waals surface area (Å²) in [6, 6.07) is 8.87. The van der Waals surface area contributed by atoms with E-state index in [0.29, 0.717) is 30.1 Å². The van der Waals surface area contributed by atoms with Crippen molar-refractivity contribution < 1.29 is 19.7 Å². The number of pyridine rings is 1. The van der Waals surface area contributed by atoms with Crippen molar-refractivity contribution in [2.24, 2.45) is 0 Å². The number of nitrogens with one attached hydrogen (secondary N) is 1. The van der Waals surface area contributed by atoms with Crippen molar-refractivity contribution in [3.05, 3.63) is 65.0 Å². The average molecular weight is 424 g/mol. The number of fused-ring (bicyclic) bond motifs is 1. The largest absolute Gasteiger partial charge is 0.482 e. The number of hydrogen-bond donors (Lipinski definition) is 3. The highest BCUT2D eigenvalue weighted by atomic mass is 16.5. The molecule has 1 saturated heterocycles. The number of hydrogen-bond acceptors (Lipinski definition) is 6. The van der Waals surface area contributed by atoms with Gasteiger partial charge in [0.05, 0.1) is 0 Å². The third kappa shape index (κ3) is 4.21. The number of rotatable bonds is 5. The standard InChI is InChI=1S/C24H29N3O4/c1-3-27(4-2)22(28)20-7-5-17(15-26-20)19-14-24(9-11-25-12-10-24)31-21-8-6-16(23(29)30)13-18(19)21/h5-8,13-15,23,25,29-30H,3-4,9-12H2,1-2H3. The molecule has 1 spiro atoms. The van der Waals surface area contributed by atoms with E-state index in [4.69, 9.17) is 4.74 Å². The fourth-order valence-corrected chi connectivity index (χ4v) is 4.28. The number of nitrogens with zero attached hydrogens (tertiary/aromatic N) is 2. The van der Waals surface area contributed by atoms with E-state index in [0.717, 1.165) is 42.6 Å². The molecule has 3 N–H and O–H groups in total. The first-order valence-corrected chi connectivity index (χ1v) is 10.8. The predicted octanol–water partition coefficient (Wildman–Crippen LogP) is 2.49. The summed E-state index contributed by atoms with van der Waals surface area (Å²) in [5.41, 5.74) is 2.98. The third-order valence-corrected chi connectivity index (χ3v) is 6.11. The van der Waals surface area contributed by atoms with Gasteiger partial charge < -0.3 is 25.2 Å². The summed E-state index contributed by atoms with van der Waals surface area (Å²) in [7, 11) is 0. The van der Waals surface area contributed by atoms with Gasteiger partial charge in [-0.05, 0) is 56.8 Å². The fraction of sp³-hybridized carbons (Fsp3) is 0.417. The molecule has 2 aliphatic rings. The Hall–Kier alpha value is -2.74. The molecule has 2 aromatic rings. The molecule has 1 amide bonds. The van der Waals surface area contributed by atoms with Gasteiger partial charge in [0.25, 0.3) is 5.91 Å². The smallest absolute Gasteiger partial charge is 0.272 e. The van der Waals surface area contributed by atoms with E-state index in [1.54, 1.807) is 35.4 Å². The maximum atomic E-state index is 12.6. The second kappa shape index (κ2) is 8.78. The van der Waals surface area contributed by atoms with Crippen molar-refractivity contribution in [1.29, 1.82) is 0 Å². The maximum absolute atomic E-state index is 12.6. The van der Waals surface area contributed by atoms with Crippen LogP contribution >= 0.6 is 0 Å². The molecule has 164 valence electrons. The van der Waals surface area contributed by atoms with Gasteiger partial charge in [-0.2, -0.15) is 0 Å². The molecule has 1 aromatic carbocycles. The zero-order chi connectivity index (χ0) is 22.0. The van der Waals surface area contributed by atoms with E-state index >= 15 is 0 Å². The summed E-state index contributed by atoms with van der Waals surface area (Å²) in [5, 5.41) is 22.7. The molecule has 0 saturated carbocycles. The second-order valence-electron chi connectivity index (χ2n) is 8.01. The highest BCUT2D eigenvalue weighted by Crippen LogP contribution is 2.43. The zero-order valence-electron chi connectivity index (χ0n) is 18.0. The topological polar surface area (TPSA) is 94.9 Å². The van der Waals surface area contributed by atoms with Gasteiger partial charge in [-0.3, -0.25) is 9.78 Å². The van der Waals surface area contributed by atoms with Gasteiger partial charge in [-0.1, -0.05) is 12.1 Å². The molecule has 4 rings (SSSR count). The second-order valence-corrected chi connectivity index (χ2v) is 8.01. The molecule has 7 heteroatoms. The fourth-order valence-electron chi connectivity index (χ4n) is 4.28. The number of aliphatic hydroxyl groups is 2. The van der Waals surface area contributed by atoms with Gasteiger partial charge in [-0.15, -0.1) is 0 Å². The summed E-state index contributed by atoms with van der Waals surface area (Å²) in [5.74, 6) is 0.630. The first-order valence-electron chi connectivity index (χ1n) is 10.8. The van der Waals surface area contributed by atoms with Crippen LogP contribution in [-0.4, -0.2) is 57.8 Å². The highest BCUT2D eigenvalue weighted by Gasteiger charge is 2.37. The monoisotopic (exact) mass is 423 g/mol. The minimum atomic E-state index is -1.56. The van der Waals surface area contributed by atoms with Crippen LogP contribution in [0.4, 0.5) is 0 Å². The lowest BCUT2D eigenvalue weighted by Crippen LogP contribution is -2.46. The number of aliphatic hydroxyl groups excluding tert-OH is 1. The van der Waals surface area contributed by atoms with Crippen molar-refractivity contribution in [2.75, 3.05) is 26.2 Å². The maximum Gasteiger partial charge on any atom is 0.272 e. The Morgan fingerprint density at radius 1 is 1.19 bits per heavy atom. The third-order valence-electron chi connectivity index (χ3n) is 6.11. The highest BCUT2D eigenvalue weighted by molar-refractivity contribution is 5.93. The van der Waals surface area contributed by atoms with Gasteiger partial charge in [0, 0.05) is 48.8 Å². The quantitative estimate of drug-likeness (QED) is 0.640. The molecule has 0 aliphatic carbocycles. The van der Waals surface area contributed by atoms with Crippen LogP contribution in [0.25, 0.3) is 5.57 Å². The molecule has 0 radical (unpaired) electrons. The van der Waals surface area contributed by atoms with Crippen LogP contribution in [-0.2, 0) is 0 Å². The molecule has 3 heterocycles. The van der Waals surface area contributed by atoms with Gasteiger partial charge in [0.2, 0.25) is 0 Å². The first-order chi connectivity index (χ1) is 15.0. The van der Waals surface area contributed by atoms with E-state index in [-0.39, 0.29) is 5.91 Å². The van der Waals surface area contributed by atoms with Crippen LogP contribution in [0.5, 0.6) is 5.75 Å². The van der Waals surface area contributed by atoms with Crippen LogP contribution in [0.15, 0.2) is 42.6 Å². The lowest BCUT2D eigenvalue weighted by molar-refractivity contribution is -0.0425. The minimum absolute atomic E-state index is 0.0848. The molecule has 0 bridgehead atoms.